The third-order valence-corrected chi connectivity index (χ3v) is 1.53. The van der Waals surface area contributed by atoms with Gasteiger partial charge in [0.05, 0.1) is 19.1 Å². The number of aliphatic hydroxyl groups is 1. The van der Waals surface area contributed by atoms with E-state index in [9.17, 15) is 9.59 Å². The highest BCUT2D eigenvalue weighted by molar-refractivity contribution is 5.86. The third-order valence-electron chi connectivity index (χ3n) is 1.53. The number of carbonyl (C=O) groups excluding carboxylic acids is 2. The van der Waals surface area contributed by atoms with E-state index in [0.29, 0.717) is 6.42 Å². The Labute approximate surface area is 64.0 Å². The van der Waals surface area contributed by atoms with Crippen LogP contribution in [0.1, 0.15) is 13.3 Å². The zero-order valence-corrected chi connectivity index (χ0v) is 6.20. The summed E-state index contributed by atoms with van der Waals surface area (Å²) in [6.07, 6.45) is 0.316. The minimum atomic E-state index is -0.295. The van der Waals surface area contributed by atoms with Gasteiger partial charge in [-0.15, -0.1) is 0 Å². The van der Waals surface area contributed by atoms with Crippen LogP contribution in [0.3, 0.4) is 0 Å². The molecule has 1 unspecified atom stereocenters. The highest BCUT2D eigenvalue weighted by Gasteiger charge is 2.36. The number of hydrogen-bond donors (Lipinski definition) is 2. The van der Waals surface area contributed by atoms with Crippen LogP contribution in [0, 0.1) is 0 Å². The molecule has 1 heterocycles. The number of aliphatic hydroxyl groups excluding tert-OH is 1. The first kappa shape index (κ1) is 8.00. The normalized spacial score (nSPS) is 22.9. The smallest absolute Gasteiger partial charge is 0.243 e. The standard InChI is InChI=1S/C6H10N2O3/c1-4(10)7-8-5(3-9)2-6(8)11/h5,9H,2-3H2,1H3,(H,7,10). The molecule has 1 saturated heterocycles. The Morgan fingerprint density at radius 1 is 1.91 bits per heavy atom. The van der Waals surface area contributed by atoms with Crippen molar-refractivity contribution in [3.8, 4) is 0 Å². The van der Waals surface area contributed by atoms with Gasteiger partial charge in [-0.1, -0.05) is 0 Å². The first-order chi connectivity index (χ1) is 5.15. The first-order valence-corrected chi connectivity index (χ1v) is 3.35. The summed E-state index contributed by atoms with van der Waals surface area (Å²) >= 11 is 0. The zero-order chi connectivity index (χ0) is 8.43. The molecule has 1 fully saturated rings. The van der Waals surface area contributed by atoms with Gasteiger partial charge in [-0.05, 0) is 0 Å². The maximum absolute atomic E-state index is 10.7. The molecule has 0 aromatic heterocycles. The summed E-state index contributed by atoms with van der Waals surface area (Å²) in [6, 6.07) is -0.230. The van der Waals surface area contributed by atoms with E-state index in [0.717, 1.165) is 5.01 Å². The van der Waals surface area contributed by atoms with Crippen LogP contribution < -0.4 is 5.43 Å². The third kappa shape index (κ3) is 1.48. The maximum Gasteiger partial charge on any atom is 0.243 e. The summed E-state index contributed by atoms with van der Waals surface area (Å²) in [5.41, 5.74) is 2.31. The van der Waals surface area contributed by atoms with Crippen molar-refractivity contribution >= 4 is 11.8 Å². The van der Waals surface area contributed by atoms with Crippen LogP contribution in [0.2, 0.25) is 0 Å². The van der Waals surface area contributed by atoms with Crippen molar-refractivity contribution in [1.29, 1.82) is 0 Å². The monoisotopic (exact) mass is 158 g/mol. The molecule has 1 aliphatic rings. The molecule has 0 spiro atoms. The summed E-state index contributed by atoms with van der Waals surface area (Å²) in [4.78, 5) is 21.2. The SMILES string of the molecule is CC(=O)NN1C(=O)CC1CO. The Bertz CT molecular complexity index is 192. The van der Waals surface area contributed by atoms with Gasteiger partial charge < -0.3 is 5.11 Å². The molecule has 0 aromatic rings. The lowest BCUT2D eigenvalue weighted by Gasteiger charge is -2.38. The second-order valence-electron chi connectivity index (χ2n) is 2.47. The van der Waals surface area contributed by atoms with Gasteiger partial charge >= 0.3 is 0 Å². The van der Waals surface area contributed by atoms with Crippen LogP contribution in [0.5, 0.6) is 0 Å². The second-order valence-corrected chi connectivity index (χ2v) is 2.47. The van der Waals surface area contributed by atoms with E-state index in [2.05, 4.69) is 5.43 Å². The van der Waals surface area contributed by atoms with Crippen LogP contribution in [0.25, 0.3) is 0 Å². The number of hydrazine groups is 1. The van der Waals surface area contributed by atoms with Crippen molar-refractivity contribution in [3.63, 3.8) is 0 Å². The van der Waals surface area contributed by atoms with Crippen LogP contribution in [-0.2, 0) is 9.59 Å². The average molecular weight is 158 g/mol. The number of amides is 2. The van der Waals surface area contributed by atoms with E-state index in [1.807, 2.05) is 0 Å². The van der Waals surface area contributed by atoms with Crippen LogP contribution in [0.15, 0.2) is 0 Å². The highest BCUT2D eigenvalue weighted by Crippen LogP contribution is 2.14. The molecule has 0 radical (unpaired) electrons. The molecule has 2 N–H and O–H groups in total. The summed E-state index contributed by atoms with van der Waals surface area (Å²) in [5.74, 6) is -0.448. The number of β-lactam (4-membered cyclic amide) rings is 1. The second kappa shape index (κ2) is 2.87. The molecule has 0 aliphatic carbocycles. The molecule has 5 heteroatoms. The topological polar surface area (TPSA) is 69.6 Å². The Morgan fingerprint density at radius 3 is 2.91 bits per heavy atom. The van der Waals surface area contributed by atoms with E-state index < -0.39 is 0 Å². The maximum atomic E-state index is 10.7. The summed E-state index contributed by atoms with van der Waals surface area (Å²) < 4.78 is 0. The molecule has 1 aliphatic heterocycles. The molecule has 1 atom stereocenters. The predicted molar refractivity (Wildman–Crippen MR) is 36.2 cm³/mol. The minimum Gasteiger partial charge on any atom is -0.394 e. The Hall–Kier alpha value is -1.10. The molecule has 0 bridgehead atoms. The van der Waals surface area contributed by atoms with Gasteiger partial charge in [-0.25, -0.2) is 5.01 Å². The van der Waals surface area contributed by atoms with Crippen LogP contribution >= 0.6 is 0 Å². The molecular formula is C6H10N2O3. The van der Waals surface area contributed by atoms with Crippen molar-refractivity contribution in [2.75, 3.05) is 6.61 Å². The quantitative estimate of drug-likeness (QED) is 0.487. The van der Waals surface area contributed by atoms with Gasteiger partial charge in [0.2, 0.25) is 11.8 Å². The molecule has 62 valence electrons. The largest absolute Gasteiger partial charge is 0.394 e. The Morgan fingerprint density at radius 2 is 2.55 bits per heavy atom. The van der Waals surface area contributed by atoms with Crippen molar-refractivity contribution in [3.05, 3.63) is 0 Å². The van der Waals surface area contributed by atoms with E-state index >= 15 is 0 Å². The molecule has 1 rings (SSSR count). The number of hydrogen-bond acceptors (Lipinski definition) is 3. The molecule has 5 nitrogen and oxygen atoms in total. The van der Waals surface area contributed by atoms with Crippen molar-refractivity contribution in [1.82, 2.24) is 10.4 Å². The zero-order valence-electron chi connectivity index (χ0n) is 6.20. The van der Waals surface area contributed by atoms with Gasteiger partial charge in [0.15, 0.2) is 0 Å². The number of nitrogens with one attached hydrogen (secondary N) is 1. The van der Waals surface area contributed by atoms with E-state index in [1.165, 1.54) is 6.92 Å². The highest BCUT2D eigenvalue weighted by atomic mass is 16.3. The fourth-order valence-electron chi connectivity index (χ4n) is 0.952. The molecular weight excluding hydrogens is 148 g/mol. The fourth-order valence-corrected chi connectivity index (χ4v) is 0.952. The lowest BCUT2D eigenvalue weighted by molar-refractivity contribution is -0.158. The minimum absolute atomic E-state index is 0.105. The number of rotatable bonds is 2. The van der Waals surface area contributed by atoms with Crippen molar-refractivity contribution in [2.45, 2.75) is 19.4 Å². The Balaban J connectivity index is 2.42. The number of nitrogens with zero attached hydrogens (tertiary/aromatic N) is 1. The summed E-state index contributed by atoms with van der Waals surface area (Å²) in [7, 11) is 0. The number of carbonyl (C=O) groups is 2. The van der Waals surface area contributed by atoms with Crippen LogP contribution in [0.4, 0.5) is 0 Å². The lowest BCUT2D eigenvalue weighted by atomic mass is 10.1. The van der Waals surface area contributed by atoms with Gasteiger partial charge in [0.1, 0.15) is 0 Å². The molecule has 0 saturated carbocycles. The van der Waals surface area contributed by atoms with Crippen LogP contribution in [-0.4, -0.2) is 34.6 Å². The van der Waals surface area contributed by atoms with Gasteiger partial charge in [0, 0.05) is 6.92 Å². The van der Waals surface area contributed by atoms with E-state index in [-0.39, 0.29) is 24.5 Å². The molecule has 0 aromatic carbocycles. The summed E-state index contributed by atoms with van der Waals surface area (Å²) in [6.45, 7) is 1.21. The van der Waals surface area contributed by atoms with E-state index in [4.69, 9.17) is 5.11 Å². The lowest BCUT2D eigenvalue weighted by Crippen LogP contribution is -2.61. The van der Waals surface area contributed by atoms with Gasteiger partial charge in [0.25, 0.3) is 0 Å². The fraction of sp³-hybridized carbons (Fsp3) is 0.667. The van der Waals surface area contributed by atoms with Crippen molar-refractivity contribution in [2.24, 2.45) is 0 Å². The van der Waals surface area contributed by atoms with Gasteiger partial charge in [-0.3, -0.25) is 15.0 Å². The molecule has 11 heavy (non-hydrogen) atoms. The first-order valence-electron chi connectivity index (χ1n) is 3.35. The van der Waals surface area contributed by atoms with Gasteiger partial charge in [-0.2, -0.15) is 0 Å². The van der Waals surface area contributed by atoms with Crippen molar-refractivity contribution < 1.29 is 14.7 Å². The average Bonchev–Trinajstić information content (AvgIpc) is 1.95. The Kier molecular flexibility index (Phi) is 2.09. The summed E-state index contributed by atoms with van der Waals surface area (Å²) in [5, 5.41) is 9.80. The predicted octanol–water partition coefficient (Wildman–Crippen LogP) is -1.37. The van der Waals surface area contributed by atoms with E-state index in [1.54, 1.807) is 0 Å². The molecule has 2 amide bonds.